The summed E-state index contributed by atoms with van der Waals surface area (Å²) in [7, 11) is 3.14. The van der Waals surface area contributed by atoms with E-state index in [1.54, 1.807) is 31.3 Å². The van der Waals surface area contributed by atoms with E-state index in [1.165, 1.54) is 0 Å². The summed E-state index contributed by atoms with van der Waals surface area (Å²) in [5.41, 5.74) is 0.797. The van der Waals surface area contributed by atoms with Crippen LogP contribution in [0.2, 0.25) is 0 Å². The van der Waals surface area contributed by atoms with Crippen molar-refractivity contribution >= 4 is 11.9 Å². The van der Waals surface area contributed by atoms with Gasteiger partial charge in [0.1, 0.15) is 11.5 Å². The summed E-state index contributed by atoms with van der Waals surface area (Å²) >= 11 is 0. The van der Waals surface area contributed by atoms with E-state index >= 15 is 0 Å². The Morgan fingerprint density at radius 3 is 2.50 bits per heavy atom. The van der Waals surface area contributed by atoms with Crippen molar-refractivity contribution in [2.75, 3.05) is 33.9 Å². The Labute approximate surface area is 142 Å². The number of benzene rings is 1. The molecule has 1 amide bonds. The number of methoxy groups -OCH3 is 2. The fraction of sp³-hybridized carbons (Fsp3) is 0.529. The molecule has 0 aliphatic carbocycles. The highest BCUT2D eigenvalue weighted by molar-refractivity contribution is 5.79. The van der Waals surface area contributed by atoms with Gasteiger partial charge in [-0.05, 0) is 38.1 Å². The number of nitrogens with one attached hydrogen (secondary N) is 1. The summed E-state index contributed by atoms with van der Waals surface area (Å²) in [5.74, 6) is 0.144. The van der Waals surface area contributed by atoms with Gasteiger partial charge in [-0.1, -0.05) is 6.92 Å². The first kappa shape index (κ1) is 19.8. The number of hydrogen-bond acceptors (Lipinski definition) is 5. The third kappa shape index (κ3) is 6.08. The Hall–Kier alpha value is -2.28. The molecule has 0 aliphatic heterocycles. The van der Waals surface area contributed by atoms with Gasteiger partial charge in [0.15, 0.2) is 0 Å². The predicted octanol–water partition coefficient (Wildman–Crippen LogP) is 1.68. The molecule has 0 aliphatic rings. The number of aliphatic carboxylic acids is 1. The van der Waals surface area contributed by atoms with Crippen LogP contribution in [0.25, 0.3) is 0 Å². The van der Waals surface area contributed by atoms with E-state index < -0.39 is 5.97 Å². The highest BCUT2D eigenvalue weighted by Crippen LogP contribution is 2.29. The second kappa shape index (κ2) is 9.77. The van der Waals surface area contributed by atoms with Crippen molar-refractivity contribution in [2.45, 2.75) is 26.3 Å². The molecule has 0 fully saturated rings. The molecule has 0 radical (unpaired) electrons. The average molecular weight is 338 g/mol. The minimum atomic E-state index is -0.946. The number of rotatable bonds is 10. The van der Waals surface area contributed by atoms with Gasteiger partial charge in [0.05, 0.1) is 33.4 Å². The van der Waals surface area contributed by atoms with Gasteiger partial charge >= 0.3 is 5.97 Å². The second-order valence-electron chi connectivity index (χ2n) is 5.50. The molecule has 0 aromatic heterocycles. The Bertz CT molecular complexity index is 562. The van der Waals surface area contributed by atoms with Crippen molar-refractivity contribution in [1.29, 1.82) is 0 Å². The van der Waals surface area contributed by atoms with E-state index in [-0.39, 0.29) is 25.0 Å². The van der Waals surface area contributed by atoms with Crippen LogP contribution in [0.1, 0.15) is 31.9 Å². The molecule has 7 heteroatoms. The quantitative estimate of drug-likeness (QED) is 0.675. The largest absolute Gasteiger partial charge is 0.497 e. The molecule has 24 heavy (non-hydrogen) atoms. The van der Waals surface area contributed by atoms with Gasteiger partial charge < -0.3 is 19.9 Å². The summed E-state index contributed by atoms with van der Waals surface area (Å²) in [4.78, 5) is 24.7. The molecule has 0 saturated heterocycles. The smallest absolute Gasteiger partial charge is 0.317 e. The third-order valence-electron chi connectivity index (χ3n) is 3.55. The number of hydrogen-bond donors (Lipinski definition) is 2. The van der Waals surface area contributed by atoms with Crippen molar-refractivity contribution in [2.24, 2.45) is 0 Å². The van der Waals surface area contributed by atoms with E-state index in [1.807, 2.05) is 19.9 Å². The first-order chi connectivity index (χ1) is 11.4. The summed E-state index contributed by atoms with van der Waals surface area (Å²) in [5, 5.41) is 11.8. The Kier molecular flexibility index (Phi) is 8.05. The lowest BCUT2D eigenvalue weighted by molar-refractivity contribution is -0.138. The normalized spacial score (nSPS) is 11.9. The molecule has 2 N–H and O–H groups in total. The van der Waals surface area contributed by atoms with Crippen molar-refractivity contribution in [3.8, 4) is 11.5 Å². The van der Waals surface area contributed by atoms with E-state index in [2.05, 4.69) is 5.32 Å². The Morgan fingerprint density at radius 1 is 1.25 bits per heavy atom. The molecule has 1 atom stereocenters. The van der Waals surface area contributed by atoms with E-state index in [4.69, 9.17) is 14.6 Å². The van der Waals surface area contributed by atoms with Crippen LogP contribution in [-0.2, 0) is 9.59 Å². The second-order valence-corrected chi connectivity index (χ2v) is 5.50. The number of amides is 1. The van der Waals surface area contributed by atoms with E-state index in [0.717, 1.165) is 12.0 Å². The zero-order chi connectivity index (χ0) is 18.1. The number of ether oxygens (including phenoxy) is 2. The van der Waals surface area contributed by atoms with Crippen molar-refractivity contribution < 1.29 is 24.2 Å². The highest BCUT2D eigenvalue weighted by atomic mass is 16.5. The zero-order valence-corrected chi connectivity index (χ0v) is 14.7. The zero-order valence-electron chi connectivity index (χ0n) is 14.7. The fourth-order valence-corrected chi connectivity index (χ4v) is 2.47. The lowest BCUT2D eigenvalue weighted by Crippen LogP contribution is -2.41. The average Bonchev–Trinajstić information content (AvgIpc) is 2.53. The minimum Gasteiger partial charge on any atom is -0.497 e. The topological polar surface area (TPSA) is 88.1 Å². The number of carboxylic acids is 1. The highest BCUT2D eigenvalue weighted by Gasteiger charge is 2.18. The Balaban J connectivity index is 2.77. The number of carbonyl (C=O) groups is 2. The summed E-state index contributed by atoms with van der Waals surface area (Å²) in [6.45, 7) is 4.22. The first-order valence-corrected chi connectivity index (χ1v) is 7.86. The van der Waals surface area contributed by atoms with Crippen molar-refractivity contribution in [1.82, 2.24) is 10.2 Å². The monoisotopic (exact) mass is 338 g/mol. The van der Waals surface area contributed by atoms with Gasteiger partial charge in [0, 0.05) is 5.56 Å². The number of carboxylic acid groups (broad SMARTS) is 1. The van der Waals surface area contributed by atoms with Crippen molar-refractivity contribution in [3.63, 3.8) is 0 Å². The van der Waals surface area contributed by atoms with Gasteiger partial charge in [-0.15, -0.1) is 0 Å². The van der Waals surface area contributed by atoms with Crippen molar-refractivity contribution in [3.05, 3.63) is 23.8 Å². The van der Waals surface area contributed by atoms with E-state index in [0.29, 0.717) is 18.0 Å². The maximum atomic E-state index is 12.2. The van der Waals surface area contributed by atoms with Gasteiger partial charge in [0.2, 0.25) is 5.91 Å². The SMILES string of the molecule is CCCN(CC(=O)O)CC(=O)NC(C)c1cc(OC)ccc1OC. The molecule has 1 unspecified atom stereocenters. The molecule has 0 bridgehead atoms. The van der Waals surface area contributed by atoms with Crippen LogP contribution < -0.4 is 14.8 Å². The third-order valence-corrected chi connectivity index (χ3v) is 3.55. The number of carbonyl (C=O) groups excluding carboxylic acids is 1. The van der Waals surface area contributed by atoms with Crippen LogP contribution >= 0.6 is 0 Å². The minimum absolute atomic E-state index is 0.0385. The van der Waals surface area contributed by atoms with Crippen LogP contribution in [0.3, 0.4) is 0 Å². The molecular weight excluding hydrogens is 312 g/mol. The predicted molar refractivity (Wildman–Crippen MR) is 90.5 cm³/mol. The molecular formula is C17H26N2O5. The molecule has 1 aromatic carbocycles. The van der Waals surface area contributed by atoms with Gasteiger partial charge in [-0.3, -0.25) is 14.5 Å². The van der Waals surface area contributed by atoms with E-state index in [9.17, 15) is 9.59 Å². The fourth-order valence-electron chi connectivity index (χ4n) is 2.47. The lowest BCUT2D eigenvalue weighted by Gasteiger charge is -2.22. The molecule has 0 saturated carbocycles. The molecule has 134 valence electrons. The molecule has 7 nitrogen and oxygen atoms in total. The number of nitrogens with zero attached hydrogens (tertiary/aromatic N) is 1. The molecule has 1 rings (SSSR count). The van der Waals surface area contributed by atoms with Crippen LogP contribution in [0.5, 0.6) is 11.5 Å². The molecule has 0 heterocycles. The Morgan fingerprint density at radius 2 is 1.96 bits per heavy atom. The standard InChI is InChI=1S/C17H26N2O5/c1-5-8-19(11-17(21)22)10-16(20)18-12(2)14-9-13(23-3)6-7-15(14)24-4/h6-7,9,12H,5,8,10-11H2,1-4H3,(H,18,20)(H,21,22). The maximum Gasteiger partial charge on any atom is 0.317 e. The van der Waals surface area contributed by atoms with Crippen LogP contribution in [0, 0.1) is 0 Å². The summed E-state index contributed by atoms with van der Waals surface area (Å²) in [6, 6.07) is 5.08. The first-order valence-electron chi connectivity index (χ1n) is 7.86. The van der Waals surface area contributed by atoms with Crippen LogP contribution in [-0.4, -0.2) is 55.7 Å². The van der Waals surface area contributed by atoms with Gasteiger partial charge in [-0.2, -0.15) is 0 Å². The lowest BCUT2D eigenvalue weighted by atomic mass is 10.1. The molecule has 0 spiro atoms. The van der Waals surface area contributed by atoms with Crippen LogP contribution in [0.4, 0.5) is 0 Å². The summed E-state index contributed by atoms with van der Waals surface area (Å²) < 4.78 is 10.5. The summed E-state index contributed by atoms with van der Waals surface area (Å²) in [6.07, 6.45) is 0.778. The van der Waals surface area contributed by atoms with Gasteiger partial charge in [0.25, 0.3) is 0 Å². The van der Waals surface area contributed by atoms with Crippen LogP contribution in [0.15, 0.2) is 18.2 Å². The maximum absolute atomic E-state index is 12.2. The van der Waals surface area contributed by atoms with Gasteiger partial charge in [-0.25, -0.2) is 0 Å². The molecule has 1 aromatic rings.